The Morgan fingerprint density at radius 1 is 1.23 bits per heavy atom. The number of ether oxygens (including phenoxy) is 1. The quantitative estimate of drug-likeness (QED) is 0.521. The first-order chi connectivity index (χ1) is 12.5. The van der Waals surface area contributed by atoms with Gasteiger partial charge in [-0.15, -0.1) is 0 Å². The summed E-state index contributed by atoms with van der Waals surface area (Å²) >= 11 is 5.85. The summed E-state index contributed by atoms with van der Waals surface area (Å²) in [6.07, 6.45) is 0. The molecule has 0 unspecified atom stereocenters. The minimum absolute atomic E-state index is 0.0587. The van der Waals surface area contributed by atoms with Crippen LogP contribution in [0.25, 0.3) is 11.3 Å². The highest BCUT2D eigenvalue weighted by molar-refractivity contribution is 6.30. The molecule has 0 aliphatic rings. The fourth-order valence-corrected chi connectivity index (χ4v) is 2.42. The van der Waals surface area contributed by atoms with Gasteiger partial charge in [0.25, 0.3) is 11.6 Å². The monoisotopic (exact) mass is 372 g/mol. The molecule has 1 heterocycles. The Morgan fingerprint density at radius 3 is 2.62 bits per heavy atom. The van der Waals surface area contributed by atoms with E-state index >= 15 is 0 Å². The molecule has 0 aliphatic carbocycles. The number of amides is 1. The lowest BCUT2D eigenvalue weighted by molar-refractivity contribution is -0.384. The van der Waals surface area contributed by atoms with E-state index in [1.807, 2.05) is 0 Å². The molecular weight excluding hydrogens is 360 g/mol. The van der Waals surface area contributed by atoms with Crippen LogP contribution in [0, 0.1) is 10.1 Å². The van der Waals surface area contributed by atoms with Gasteiger partial charge in [-0.25, -0.2) is 0 Å². The topological polar surface area (TPSA) is 110 Å². The van der Waals surface area contributed by atoms with Gasteiger partial charge in [-0.1, -0.05) is 23.7 Å². The maximum absolute atomic E-state index is 12.4. The highest BCUT2D eigenvalue weighted by Gasteiger charge is 2.19. The third-order valence-electron chi connectivity index (χ3n) is 3.61. The van der Waals surface area contributed by atoms with Crippen molar-refractivity contribution in [2.75, 3.05) is 12.4 Å². The molecule has 0 saturated heterocycles. The highest BCUT2D eigenvalue weighted by Crippen LogP contribution is 2.29. The number of nitro benzene ring substituents is 1. The van der Waals surface area contributed by atoms with E-state index in [0.717, 1.165) is 5.56 Å². The molecule has 132 valence electrons. The first-order valence-corrected chi connectivity index (χ1v) is 7.81. The summed E-state index contributed by atoms with van der Waals surface area (Å²) in [5.41, 5.74) is 1.29. The van der Waals surface area contributed by atoms with Crippen LogP contribution >= 0.6 is 11.6 Å². The number of methoxy groups -OCH3 is 1. The third kappa shape index (κ3) is 3.65. The van der Waals surface area contributed by atoms with E-state index in [1.54, 1.807) is 30.3 Å². The van der Waals surface area contributed by atoms with Crippen molar-refractivity contribution < 1.29 is 14.5 Å². The van der Waals surface area contributed by atoms with E-state index in [1.165, 1.54) is 25.3 Å². The van der Waals surface area contributed by atoms with Crippen LogP contribution in [0.4, 0.5) is 11.4 Å². The number of aromatic nitrogens is 2. The number of hydrogen-bond acceptors (Lipinski definition) is 5. The van der Waals surface area contributed by atoms with Gasteiger partial charge in [-0.2, -0.15) is 5.10 Å². The molecule has 1 amide bonds. The van der Waals surface area contributed by atoms with Crippen molar-refractivity contribution in [3.8, 4) is 17.0 Å². The van der Waals surface area contributed by atoms with Crippen molar-refractivity contribution in [2.45, 2.75) is 0 Å². The minimum Gasteiger partial charge on any atom is -0.496 e. The van der Waals surface area contributed by atoms with Gasteiger partial charge in [0.05, 0.1) is 23.8 Å². The van der Waals surface area contributed by atoms with Crippen LogP contribution in [0.1, 0.15) is 10.5 Å². The Bertz CT molecular complexity index is 969. The number of halogens is 1. The zero-order valence-electron chi connectivity index (χ0n) is 13.5. The standard InChI is InChI=1S/C17H13ClN4O4/c1-26-12-6-7-13(16(8-12)22(24)25)19-17(23)15-9-14(20-21-15)10-2-4-11(18)5-3-10/h2-9H,1H3,(H,19,23)(H,20,21). The predicted molar refractivity (Wildman–Crippen MR) is 96.6 cm³/mol. The Kier molecular flexibility index (Phi) is 4.85. The van der Waals surface area contributed by atoms with Gasteiger partial charge in [0.1, 0.15) is 17.1 Å². The van der Waals surface area contributed by atoms with Crippen molar-refractivity contribution in [1.29, 1.82) is 0 Å². The Morgan fingerprint density at radius 2 is 1.96 bits per heavy atom. The molecule has 0 spiro atoms. The highest BCUT2D eigenvalue weighted by atomic mass is 35.5. The van der Waals surface area contributed by atoms with Gasteiger partial charge in [-0.3, -0.25) is 20.0 Å². The number of carbonyl (C=O) groups excluding carboxylic acids is 1. The van der Waals surface area contributed by atoms with Gasteiger partial charge in [0, 0.05) is 10.6 Å². The number of H-pyrrole nitrogens is 1. The minimum atomic E-state index is -0.593. The van der Waals surface area contributed by atoms with E-state index in [2.05, 4.69) is 15.5 Å². The molecule has 0 fully saturated rings. The first-order valence-electron chi connectivity index (χ1n) is 7.43. The van der Waals surface area contributed by atoms with E-state index in [9.17, 15) is 14.9 Å². The van der Waals surface area contributed by atoms with Crippen LogP contribution < -0.4 is 10.1 Å². The molecule has 2 aromatic carbocycles. The number of aromatic amines is 1. The average Bonchev–Trinajstić information content (AvgIpc) is 3.12. The fraction of sp³-hybridized carbons (Fsp3) is 0.0588. The molecule has 0 radical (unpaired) electrons. The number of hydrogen-bond donors (Lipinski definition) is 2. The lowest BCUT2D eigenvalue weighted by Crippen LogP contribution is -2.13. The smallest absolute Gasteiger partial charge is 0.296 e. The normalized spacial score (nSPS) is 10.4. The van der Waals surface area contributed by atoms with E-state index in [-0.39, 0.29) is 17.1 Å². The van der Waals surface area contributed by atoms with Crippen LogP contribution in [-0.4, -0.2) is 28.1 Å². The molecule has 3 aromatic rings. The molecule has 3 rings (SSSR count). The van der Waals surface area contributed by atoms with Crippen molar-refractivity contribution >= 4 is 28.9 Å². The van der Waals surface area contributed by atoms with Crippen LogP contribution in [0.3, 0.4) is 0 Å². The lowest BCUT2D eigenvalue weighted by Gasteiger charge is -2.06. The van der Waals surface area contributed by atoms with Gasteiger partial charge in [0.2, 0.25) is 0 Å². The molecule has 0 aliphatic heterocycles. The zero-order valence-corrected chi connectivity index (χ0v) is 14.3. The Labute approximate surface area is 152 Å². The zero-order chi connectivity index (χ0) is 18.7. The molecule has 0 atom stereocenters. The van der Waals surface area contributed by atoms with Gasteiger partial charge in [0.15, 0.2) is 0 Å². The van der Waals surface area contributed by atoms with Gasteiger partial charge >= 0.3 is 0 Å². The van der Waals surface area contributed by atoms with Crippen molar-refractivity contribution in [3.05, 3.63) is 69.4 Å². The summed E-state index contributed by atoms with van der Waals surface area (Å²) in [5.74, 6) is -0.229. The van der Waals surface area contributed by atoms with Crippen LogP contribution in [0.2, 0.25) is 5.02 Å². The molecule has 0 saturated carbocycles. The molecule has 1 aromatic heterocycles. The van der Waals surface area contributed by atoms with E-state index < -0.39 is 10.8 Å². The molecule has 9 heteroatoms. The molecular formula is C17H13ClN4O4. The summed E-state index contributed by atoms with van der Waals surface area (Å²) in [6, 6.07) is 12.7. The van der Waals surface area contributed by atoms with Crippen LogP contribution in [0.5, 0.6) is 5.75 Å². The molecule has 8 nitrogen and oxygen atoms in total. The maximum Gasteiger partial charge on any atom is 0.296 e. The lowest BCUT2D eigenvalue weighted by atomic mass is 10.1. The molecule has 0 bridgehead atoms. The maximum atomic E-state index is 12.4. The number of carbonyl (C=O) groups is 1. The van der Waals surface area contributed by atoms with Crippen molar-refractivity contribution in [2.24, 2.45) is 0 Å². The number of rotatable bonds is 5. The van der Waals surface area contributed by atoms with Gasteiger partial charge < -0.3 is 10.1 Å². The van der Waals surface area contributed by atoms with Crippen molar-refractivity contribution in [3.63, 3.8) is 0 Å². The number of benzene rings is 2. The average molecular weight is 373 g/mol. The van der Waals surface area contributed by atoms with Gasteiger partial charge in [-0.05, 0) is 30.3 Å². The summed E-state index contributed by atoms with van der Waals surface area (Å²) in [7, 11) is 1.40. The van der Waals surface area contributed by atoms with E-state index in [0.29, 0.717) is 16.5 Å². The fourth-order valence-electron chi connectivity index (χ4n) is 2.29. The largest absolute Gasteiger partial charge is 0.496 e. The number of nitrogens with one attached hydrogen (secondary N) is 2. The third-order valence-corrected chi connectivity index (χ3v) is 3.86. The Balaban J connectivity index is 1.83. The van der Waals surface area contributed by atoms with Crippen molar-refractivity contribution in [1.82, 2.24) is 10.2 Å². The summed E-state index contributed by atoms with van der Waals surface area (Å²) in [4.78, 5) is 23.0. The number of nitro groups is 1. The summed E-state index contributed by atoms with van der Waals surface area (Å²) in [6.45, 7) is 0. The molecule has 2 N–H and O–H groups in total. The summed E-state index contributed by atoms with van der Waals surface area (Å²) < 4.78 is 4.97. The first kappa shape index (κ1) is 17.4. The number of nitrogens with zero attached hydrogens (tertiary/aromatic N) is 2. The second-order valence-electron chi connectivity index (χ2n) is 5.27. The second kappa shape index (κ2) is 7.24. The second-order valence-corrected chi connectivity index (χ2v) is 5.70. The van der Waals surface area contributed by atoms with Crippen LogP contribution in [-0.2, 0) is 0 Å². The molecule has 26 heavy (non-hydrogen) atoms. The SMILES string of the molecule is COc1ccc(NC(=O)c2cc(-c3ccc(Cl)cc3)n[nH]2)c([N+](=O)[O-])c1. The van der Waals surface area contributed by atoms with Crippen LogP contribution in [0.15, 0.2) is 48.5 Å². The summed E-state index contributed by atoms with van der Waals surface area (Å²) in [5, 5.41) is 21.0. The number of anilines is 1. The Hall–Kier alpha value is -3.39. The predicted octanol–water partition coefficient (Wildman–Crippen LogP) is 3.90. The van der Waals surface area contributed by atoms with E-state index in [4.69, 9.17) is 16.3 Å².